The summed E-state index contributed by atoms with van der Waals surface area (Å²) in [6.45, 7) is 0.652. The lowest BCUT2D eigenvalue weighted by Gasteiger charge is -2.20. The van der Waals surface area contributed by atoms with E-state index in [1.165, 1.54) is 16.6 Å². The predicted molar refractivity (Wildman–Crippen MR) is 116 cm³/mol. The number of nitriles is 2. The second kappa shape index (κ2) is 11.1. The van der Waals surface area contributed by atoms with Crippen LogP contribution < -0.4 is 0 Å². The van der Waals surface area contributed by atoms with Gasteiger partial charge in [-0.25, -0.2) is 0 Å². The van der Waals surface area contributed by atoms with Crippen molar-refractivity contribution in [1.29, 1.82) is 10.5 Å². The lowest BCUT2D eigenvalue weighted by atomic mass is 10.3. The molecule has 0 N–H and O–H groups in total. The molecule has 7 nitrogen and oxygen atoms in total. The van der Waals surface area contributed by atoms with Crippen LogP contribution in [-0.2, 0) is 11.2 Å². The van der Waals surface area contributed by atoms with Crippen LogP contribution >= 0.6 is 23.1 Å². The number of thiophene rings is 1. The zero-order chi connectivity index (χ0) is 21.2. The SMILES string of the molecule is N#CCCN(CCC#N)C(=O)CSc1nnc(Cc2cccs2)n1-c1ccccc1. The molecule has 0 spiro atoms. The van der Waals surface area contributed by atoms with E-state index in [1.54, 1.807) is 16.2 Å². The fourth-order valence-electron chi connectivity index (χ4n) is 2.86. The van der Waals surface area contributed by atoms with Gasteiger partial charge in [0, 0.05) is 30.1 Å². The van der Waals surface area contributed by atoms with E-state index in [1.807, 2.05) is 58.5 Å². The van der Waals surface area contributed by atoms with E-state index in [0.717, 1.165) is 11.5 Å². The molecule has 2 aromatic heterocycles. The minimum Gasteiger partial charge on any atom is -0.340 e. The molecule has 1 aromatic carbocycles. The smallest absolute Gasteiger partial charge is 0.233 e. The maximum absolute atomic E-state index is 12.7. The molecule has 3 aromatic rings. The zero-order valence-corrected chi connectivity index (χ0v) is 17.9. The van der Waals surface area contributed by atoms with Crippen molar-refractivity contribution >= 4 is 29.0 Å². The Labute approximate surface area is 183 Å². The average Bonchev–Trinajstić information content (AvgIpc) is 3.43. The van der Waals surface area contributed by atoms with Gasteiger partial charge in [-0.15, -0.1) is 21.5 Å². The van der Waals surface area contributed by atoms with Crippen LogP contribution in [0.4, 0.5) is 0 Å². The van der Waals surface area contributed by atoms with Gasteiger partial charge < -0.3 is 4.90 Å². The van der Waals surface area contributed by atoms with Crippen molar-refractivity contribution in [3.8, 4) is 17.8 Å². The van der Waals surface area contributed by atoms with Crippen LogP contribution in [0.25, 0.3) is 5.69 Å². The largest absolute Gasteiger partial charge is 0.340 e. The number of para-hydroxylation sites is 1. The van der Waals surface area contributed by atoms with Crippen molar-refractivity contribution in [2.24, 2.45) is 0 Å². The van der Waals surface area contributed by atoms with Gasteiger partial charge in [-0.1, -0.05) is 36.0 Å². The third kappa shape index (κ3) is 5.69. The van der Waals surface area contributed by atoms with Gasteiger partial charge in [0.25, 0.3) is 0 Å². The summed E-state index contributed by atoms with van der Waals surface area (Å²) in [5.41, 5.74) is 0.940. The zero-order valence-electron chi connectivity index (χ0n) is 16.3. The summed E-state index contributed by atoms with van der Waals surface area (Å²) in [7, 11) is 0. The van der Waals surface area contributed by atoms with Crippen molar-refractivity contribution in [2.45, 2.75) is 24.4 Å². The first-order chi connectivity index (χ1) is 14.7. The number of thioether (sulfide) groups is 1. The summed E-state index contributed by atoms with van der Waals surface area (Å²) in [4.78, 5) is 15.4. The molecule has 0 radical (unpaired) electrons. The Morgan fingerprint density at radius 1 is 1.07 bits per heavy atom. The van der Waals surface area contributed by atoms with E-state index in [0.29, 0.717) is 24.7 Å². The van der Waals surface area contributed by atoms with Crippen molar-refractivity contribution < 1.29 is 4.79 Å². The van der Waals surface area contributed by atoms with Crippen LogP contribution in [-0.4, -0.2) is 44.4 Å². The fraction of sp³-hybridized carbons (Fsp3) is 0.286. The molecule has 0 bridgehead atoms. The highest BCUT2D eigenvalue weighted by Crippen LogP contribution is 2.24. The van der Waals surface area contributed by atoms with E-state index in [2.05, 4.69) is 16.3 Å². The third-order valence-corrected chi connectivity index (χ3v) is 6.08. The van der Waals surface area contributed by atoms with E-state index in [4.69, 9.17) is 10.5 Å². The Hall–Kier alpha value is -3.14. The van der Waals surface area contributed by atoms with E-state index in [-0.39, 0.29) is 24.5 Å². The molecule has 0 unspecified atom stereocenters. The molecular formula is C21H20N6OS2. The molecule has 30 heavy (non-hydrogen) atoms. The number of aromatic nitrogens is 3. The number of nitrogens with zero attached hydrogens (tertiary/aromatic N) is 6. The lowest BCUT2D eigenvalue weighted by Crippen LogP contribution is -2.34. The Balaban J connectivity index is 1.78. The van der Waals surface area contributed by atoms with Gasteiger partial charge in [0.15, 0.2) is 5.16 Å². The summed E-state index contributed by atoms with van der Waals surface area (Å²) < 4.78 is 1.98. The number of rotatable bonds is 10. The number of hydrogen-bond acceptors (Lipinski definition) is 7. The number of hydrogen-bond donors (Lipinski definition) is 0. The van der Waals surface area contributed by atoms with Gasteiger partial charge in [-0.3, -0.25) is 9.36 Å². The quantitative estimate of drug-likeness (QED) is 0.450. The fourth-order valence-corrected chi connectivity index (χ4v) is 4.44. The molecule has 0 atom stereocenters. The number of carbonyl (C=O) groups is 1. The number of carbonyl (C=O) groups excluding carboxylic acids is 1. The van der Waals surface area contributed by atoms with E-state index >= 15 is 0 Å². The summed E-state index contributed by atoms with van der Waals surface area (Å²) in [6, 6.07) is 18.0. The topological polar surface area (TPSA) is 98.6 Å². The van der Waals surface area contributed by atoms with Crippen LogP contribution in [0.1, 0.15) is 23.5 Å². The highest BCUT2D eigenvalue weighted by Gasteiger charge is 2.19. The summed E-state index contributed by atoms with van der Waals surface area (Å²) in [5.74, 6) is 0.859. The van der Waals surface area contributed by atoms with Gasteiger partial charge in [0.1, 0.15) is 5.82 Å². The van der Waals surface area contributed by atoms with Crippen LogP contribution in [0.15, 0.2) is 53.0 Å². The van der Waals surface area contributed by atoms with Gasteiger partial charge in [0.2, 0.25) is 5.91 Å². The monoisotopic (exact) mass is 436 g/mol. The summed E-state index contributed by atoms with van der Waals surface area (Å²) >= 11 is 2.98. The third-order valence-electron chi connectivity index (χ3n) is 4.29. The first-order valence-electron chi connectivity index (χ1n) is 9.39. The first kappa shape index (κ1) is 21.6. The molecule has 3 rings (SSSR count). The molecule has 152 valence electrons. The molecular weight excluding hydrogens is 416 g/mol. The molecule has 0 saturated carbocycles. The number of amides is 1. The lowest BCUT2D eigenvalue weighted by molar-refractivity contribution is -0.128. The number of benzene rings is 1. The van der Waals surface area contributed by atoms with Crippen LogP contribution in [0.3, 0.4) is 0 Å². The molecule has 2 heterocycles. The molecule has 1 amide bonds. The minimum absolute atomic E-state index is 0.118. The summed E-state index contributed by atoms with van der Waals surface area (Å²) in [6.07, 6.45) is 1.14. The van der Waals surface area contributed by atoms with Crippen molar-refractivity contribution in [2.75, 3.05) is 18.8 Å². The van der Waals surface area contributed by atoms with Crippen LogP contribution in [0.2, 0.25) is 0 Å². The van der Waals surface area contributed by atoms with Gasteiger partial charge in [0.05, 0.1) is 30.7 Å². The van der Waals surface area contributed by atoms with Gasteiger partial charge in [-0.05, 0) is 23.6 Å². The van der Waals surface area contributed by atoms with Crippen LogP contribution in [0, 0.1) is 22.7 Å². The molecule has 0 aliphatic carbocycles. The molecule has 0 saturated heterocycles. The normalized spacial score (nSPS) is 10.3. The standard InChI is InChI=1S/C21H20N6OS2/c22-10-5-12-26(13-6-11-23)20(28)16-30-21-25-24-19(15-18-9-4-14-29-18)27(21)17-7-2-1-3-8-17/h1-4,7-9,14H,5-6,12-13,15-16H2. The average molecular weight is 437 g/mol. The van der Waals surface area contributed by atoms with Gasteiger partial charge in [-0.2, -0.15) is 10.5 Å². The first-order valence-corrected chi connectivity index (χ1v) is 11.3. The second-order valence-electron chi connectivity index (χ2n) is 6.31. The Bertz CT molecular complexity index is 1020. The second-order valence-corrected chi connectivity index (χ2v) is 8.29. The molecule has 0 fully saturated rings. The van der Waals surface area contributed by atoms with Crippen molar-refractivity contribution in [1.82, 2.24) is 19.7 Å². The maximum Gasteiger partial charge on any atom is 0.233 e. The van der Waals surface area contributed by atoms with Gasteiger partial charge >= 0.3 is 0 Å². The van der Waals surface area contributed by atoms with E-state index in [9.17, 15) is 4.79 Å². The molecule has 0 aliphatic heterocycles. The highest BCUT2D eigenvalue weighted by molar-refractivity contribution is 7.99. The summed E-state index contributed by atoms with van der Waals surface area (Å²) in [5, 5.41) is 29.0. The Morgan fingerprint density at radius 3 is 2.43 bits per heavy atom. The van der Waals surface area contributed by atoms with Crippen molar-refractivity contribution in [3.05, 3.63) is 58.5 Å². The maximum atomic E-state index is 12.7. The molecule has 0 aliphatic rings. The minimum atomic E-state index is -0.118. The Morgan fingerprint density at radius 2 is 1.80 bits per heavy atom. The van der Waals surface area contributed by atoms with E-state index < -0.39 is 0 Å². The highest BCUT2D eigenvalue weighted by atomic mass is 32.2. The van der Waals surface area contributed by atoms with Crippen molar-refractivity contribution in [3.63, 3.8) is 0 Å². The molecule has 9 heteroatoms. The predicted octanol–water partition coefficient (Wildman–Crippen LogP) is 3.67. The Kier molecular flexibility index (Phi) is 8.02. The van der Waals surface area contributed by atoms with Crippen LogP contribution in [0.5, 0.6) is 0 Å².